The third-order valence-corrected chi connectivity index (χ3v) is 3.85. The highest BCUT2D eigenvalue weighted by atomic mass is 16.5. The molecule has 29 heavy (non-hydrogen) atoms. The van der Waals surface area contributed by atoms with Gasteiger partial charge < -0.3 is 19.5 Å². The molecule has 2 aromatic carbocycles. The van der Waals surface area contributed by atoms with E-state index in [1.54, 1.807) is 56.7 Å². The summed E-state index contributed by atoms with van der Waals surface area (Å²) in [5, 5.41) is 6.34. The standard InChI is InChI=1S/C21H25N3O5/c1-4-11-29-18-10-7-16(12-19(18)28-3)14-23-24-21(26)20(25)22-13-15-5-8-17(27-2)9-6-15/h5-10,12,14H,4,11,13H2,1-3H3,(H,22,25)(H,24,26)/b23-14-. The Labute approximate surface area is 169 Å². The number of carbonyl (C=O) groups is 2. The smallest absolute Gasteiger partial charge is 0.329 e. The summed E-state index contributed by atoms with van der Waals surface area (Å²) in [6.45, 7) is 2.82. The van der Waals surface area contributed by atoms with E-state index in [4.69, 9.17) is 14.2 Å². The minimum atomic E-state index is -0.857. The van der Waals surface area contributed by atoms with Gasteiger partial charge in [-0.25, -0.2) is 5.43 Å². The van der Waals surface area contributed by atoms with Crippen molar-refractivity contribution in [1.29, 1.82) is 0 Å². The minimum absolute atomic E-state index is 0.219. The maximum absolute atomic E-state index is 11.9. The Kier molecular flexibility index (Phi) is 8.50. The van der Waals surface area contributed by atoms with E-state index in [1.165, 1.54) is 6.21 Å². The summed E-state index contributed by atoms with van der Waals surface area (Å²) in [7, 11) is 3.12. The second kappa shape index (κ2) is 11.3. The van der Waals surface area contributed by atoms with Crippen molar-refractivity contribution >= 4 is 18.0 Å². The van der Waals surface area contributed by atoms with Crippen LogP contribution in [0.2, 0.25) is 0 Å². The Morgan fingerprint density at radius 2 is 1.76 bits per heavy atom. The molecule has 0 aliphatic rings. The second-order valence-corrected chi connectivity index (χ2v) is 5.99. The third kappa shape index (κ3) is 6.84. The molecule has 0 aliphatic heterocycles. The topological polar surface area (TPSA) is 98.2 Å². The fraction of sp³-hybridized carbons (Fsp3) is 0.286. The lowest BCUT2D eigenvalue weighted by atomic mass is 10.2. The summed E-state index contributed by atoms with van der Waals surface area (Å²) in [6.07, 6.45) is 2.31. The van der Waals surface area contributed by atoms with Gasteiger partial charge in [0.15, 0.2) is 11.5 Å². The van der Waals surface area contributed by atoms with Gasteiger partial charge >= 0.3 is 11.8 Å². The van der Waals surface area contributed by atoms with Crippen LogP contribution in [0.5, 0.6) is 17.2 Å². The number of hydrogen-bond acceptors (Lipinski definition) is 6. The molecule has 0 aromatic heterocycles. The molecule has 0 heterocycles. The zero-order valence-electron chi connectivity index (χ0n) is 16.7. The molecule has 0 fully saturated rings. The van der Waals surface area contributed by atoms with Gasteiger partial charge in [-0.3, -0.25) is 9.59 Å². The van der Waals surface area contributed by atoms with Gasteiger partial charge in [0, 0.05) is 6.54 Å². The molecule has 8 heteroatoms. The molecule has 0 spiro atoms. The summed E-state index contributed by atoms with van der Waals surface area (Å²) < 4.78 is 15.9. The van der Waals surface area contributed by atoms with E-state index in [1.807, 2.05) is 6.92 Å². The van der Waals surface area contributed by atoms with Crippen LogP contribution < -0.4 is 25.0 Å². The van der Waals surface area contributed by atoms with E-state index in [0.29, 0.717) is 29.4 Å². The van der Waals surface area contributed by atoms with Crippen LogP contribution in [0, 0.1) is 0 Å². The highest BCUT2D eigenvalue weighted by Gasteiger charge is 2.12. The quantitative estimate of drug-likeness (QED) is 0.383. The first-order chi connectivity index (χ1) is 14.1. The normalized spacial score (nSPS) is 10.4. The summed E-state index contributed by atoms with van der Waals surface area (Å²) in [4.78, 5) is 23.7. The van der Waals surface area contributed by atoms with Crippen molar-refractivity contribution in [1.82, 2.24) is 10.7 Å². The van der Waals surface area contributed by atoms with Crippen molar-refractivity contribution in [3.63, 3.8) is 0 Å². The van der Waals surface area contributed by atoms with Crippen molar-refractivity contribution in [2.75, 3.05) is 20.8 Å². The Balaban J connectivity index is 1.85. The summed E-state index contributed by atoms with van der Waals surface area (Å²) >= 11 is 0. The van der Waals surface area contributed by atoms with Gasteiger partial charge in [-0.15, -0.1) is 0 Å². The summed E-state index contributed by atoms with van der Waals surface area (Å²) in [5.41, 5.74) is 3.72. The van der Waals surface area contributed by atoms with Crippen LogP contribution in [-0.2, 0) is 16.1 Å². The Morgan fingerprint density at radius 3 is 2.41 bits per heavy atom. The zero-order valence-corrected chi connectivity index (χ0v) is 16.7. The molecular weight excluding hydrogens is 374 g/mol. The molecule has 2 aromatic rings. The molecule has 154 valence electrons. The van der Waals surface area contributed by atoms with Crippen LogP contribution in [0.25, 0.3) is 0 Å². The van der Waals surface area contributed by atoms with E-state index in [2.05, 4.69) is 15.8 Å². The van der Waals surface area contributed by atoms with Gasteiger partial charge in [0.2, 0.25) is 0 Å². The average molecular weight is 399 g/mol. The van der Waals surface area contributed by atoms with Crippen molar-refractivity contribution in [2.45, 2.75) is 19.9 Å². The SMILES string of the molecule is CCCOc1ccc(/C=N\NC(=O)C(=O)NCc2ccc(OC)cc2)cc1OC. The minimum Gasteiger partial charge on any atom is -0.497 e. The summed E-state index contributed by atoms with van der Waals surface area (Å²) in [5.74, 6) is 0.275. The summed E-state index contributed by atoms with van der Waals surface area (Å²) in [6, 6.07) is 12.4. The van der Waals surface area contributed by atoms with Crippen LogP contribution in [0.3, 0.4) is 0 Å². The second-order valence-electron chi connectivity index (χ2n) is 5.99. The van der Waals surface area contributed by atoms with Crippen LogP contribution in [-0.4, -0.2) is 38.9 Å². The van der Waals surface area contributed by atoms with Crippen LogP contribution in [0.1, 0.15) is 24.5 Å². The molecular formula is C21H25N3O5. The first-order valence-corrected chi connectivity index (χ1v) is 9.12. The number of carbonyl (C=O) groups excluding carboxylic acids is 2. The number of ether oxygens (including phenoxy) is 3. The number of benzene rings is 2. The zero-order chi connectivity index (χ0) is 21.1. The highest BCUT2D eigenvalue weighted by Crippen LogP contribution is 2.27. The first kappa shape index (κ1) is 21.7. The molecule has 0 aliphatic carbocycles. The molecule has 8 nitrogen and oxygen atoms in total. The molecule has 0 saturated carbocycles. The Bertz CT molecular complexity index is 850. The Hall–Kier alpha value is -3.55. The number of rotatable bonds is 9. The molecule has 0 atom stereocenters. The fourth-order valence-corrected chi connectivity index (χ4v) is 2.32. The number of amides is 2. The van der Waals surface area contributed by atoms with Gasteiger partial charge in [-0.2, -0.15) is 5.10 Å². The molecule has 2 amide bonds. The van der Waals surface area contributed by atoms with Crippen LogP contribution in [0.15, 0.2) is 47.6 Å². The Morgan fingerprint density at radius 1 is 1.00 bits per heavy atom. The lowest BCUT2D eigenvalue weighted by Gasteiger charge is -2.10. The van der Waals surface area contributed by atoms with Gasteiger partial charge in [0.1, 0.15) is 5.75 Å². The van der Waals surface area contributed by atoms with E-state index in [0.717, 1.165) is 12.0 Å². The largest absolute Gasteiger partial charge is 0.497 e. The predicted molar refractivity (Wildman–Crippen MR) is 109 cm³/mol. The lowest BCUT2D eigenvalue weighted by Crippen LogP contribution is -2.37. The number of hydrazone groups is 1. The first-order valence-electron chi connectivity index (χ1n) is 9.12. The maximum Gasteiger partial charge on any atom is 0.329 e. The molecule has 0 radical (unpaired) electrons. The van der Waals surface area contributed by atoms with Gasteiger partial charge in [0.05, 0.1) is 27.0 Å². The monoisotopic (exact) mass is 399 g/mol. The van der Waals surface area contributed by atoms with Crippen molar-refractivity contribution < 1.29 is 23.8 Å². The van der Waals surface area contributed by atoms with Crippen LogP contribution >= 0.6 is 0 Å². The van der Waals surface area contributed by atoms with Gasteiger partial charge in [-0.05, 0) is 47.9 Å². The molecule has 2 N–H and O–H groups in total. The predicted octanol–water partition coefficient (Wildman–Crippen LogP) is 2.26. The van der Waals surface area contributed by atoms with Crippen molar-refractivity contribution in [3.8, 4) is 17.2 Å². The number of nitrogens with one attached hydrogen (secondary N) is 2. The number of hydrogen-bond donors (Lipinski definition) is 2. The van der Waals surface area contributed by atoms with E-state index in [9.17, 15) is 9.59 Å². The van der Waals surface area contributed by atoms with Crippen molar-refractivity contribution in [3.05, 3.63) is 53.6 Å². The van der Waals surface area contributed by atoms with E-state index >= 15 is 0 Å². The highest BCUT2D eigenvalue weighted by molar-refractivity contribution is 6.35. The molecule has 0 bridgehead atoms. The number of methoxy groups -OCH3 is 2. The van der Waals surface area contributed by atoms with Gasteiger partial charge in [-0.1, -0.05) is 19.1 Å². The van der Waals surface area contributed by atoms with Crippen LogP contribution in [0.4, 0.5) is 0 Å². The molecule has 0 unspecified atom stereocenters. The maximum atomic E-state index is 11.9. The van der Waals surface area contributed by atoms with Crippen molar-refractivity contribution in [2.24, 2.45) is 5.10 Å². The lowest BCUT2D eigenvalue weighted by molar-refractivity contribution is -0.139. The van der Waals surface area contributed by atoms with E-state index in [-0.39, 0.29) is 6.54 Å². The molecule has 2 rings (SSSR count). The molecule has 0 saturated heterocycles. The van der Waals surface area contributed by atoms with E-state index < -0.39 is 11.8 Å². The number of nitrogens with zero attached hydrogens (tertiary/aromatic N) is 1. The third-order valence-electron chi connectivity index (χ3n) is 3.85. The average Bonchev–Trinajstić information content (AvgIpc) is 2.76. The fourth-order valence-electron chi connectivity index (χ4n) is 2.32. The van der Waals surface area contributed by atoms with Gasteiger partial charge in [0.25, 0.3) is 0 Å².